The van der Waals surface area contributed by atoms with Crippen molar-refractivity contribution in [2.75, 3.05) is 0 Å². The SMILES string of the molecule is [C-]#[N+]C1=C[C@@]2(C)c3nc(-c4ccc(C5CC5)nc4)nc(-c4ccccc4F)c3CC[C@@H]2[C@@H](C)C1=O.[C-]#[N+]C1=C[C@@]2(C)c3nc(-c4ccnc(C5CC5)c4)nc(-c4ccccc4F)c3CC[C@@H]2[C@@](C)(CC)C1=O.[C-]#[N+]C1=C[C@@]2(C)c3nc(-c4ccnc5c(F)cccc45)nc(-c4ccccc4F)c3CC[C@@H]2C(C)(C)C1=O.[C-]#[N+]C1=C[C@@]2(C)c3nc(-c4ccnc5ccccc45)nc(-c4ccccc4F)c3CC[C@@H]2[C@@](C)(CC)C1=O. The normalized spacial score (nSPS) is 24.5. The van der Waals surface area contributed by atoms with Gasteiger partial charge in [0.05, 0.1) is 77.4 Å². The molecule has 8 heterocycles. The number of ketones is 4. The molecule has 14 aromatic rings. The lowest BCUT2D eigenvalue weighted by atomic mass is 9.51. The molecule has 0 spiro atoms. The van der Waals surface area contributed by atoms with Crippen LogP contribution in [0.5, 0.6) is 0 Å². The van der Waals surface area contributed by atoms with E-state index in [2.05, 4.69) is 60.1 Å². The van der Waals surface area contributed by atoms with Gasteiger partial charge in [0.15, 0.2) is 46.4 Å². The summed E-state index contributed by atoms with van der Waals surface area (Å²) < 4.78 is 75.2. The fourth-order valence-corrected chi connectivity index (χ4v) is 25.6. The van der Waals surface area contributed by atoms with E-state index in [1.165, 1.54) is 49.4 Å². The second-order valence-corrected chi connectivity index (χ2v) is 42.7. The molecule has 0 saturated heterocycles. The van der Waals surface area contributed by atoms with Crippen LogP contribution in [0.15, 0.2) is 248 Å². The summed E-state index contributed by atoms with van der Waals surface area (Å²) in [7, 11) is 0. The van der Waals surface area contributed by atoms with Crippen LogP contribution in [0.1, 0.15) is 209 Å². The Kier molecular flexibility index (Phi) is 24.8. The largest absolute Gasteiger partial charge is 0.308 e. The molecule has 8 aromatic heterocycles. The maximum absolute atomic E-state index is 15.2. The Labute approximate surface area is 855 Å². The summed E-state index contributed by atoms with van der Waals surface area (Å²) >= 11 is 0. The van der Waals surface area contributed by atoms with E-state index in [9.17, 15) is 23.6 Å². The van der Waals surface area contributed by atoms with Crippen molar-refractivity contribution in [3.8, 4) is 90.6 Å². The Morgan fingerprint density at radius 1 is 0.345 bits per heavy atom. The maximum Gasteiger partial charge on any atom is 0.226 e. The van der Waals surface area contributed by atoms with Crippen molar-refractivity contribution in [1.82, 2.24) is 59.8 Å². The first-order valence-corrected chi connectivity index (χ1v) is 50.7. The van der Waals surface area contributed by atoms with Gasteiger partial charge in [-0.25, -0.2) is 81.2 Å². The monoisotopic (exact) mass is 1960 g/mol. The van der Waals surface area contributed by atoms with Gasteiger partial charge in [-0.3, -0.25) is 19.9 Å². The van der Waals surface area contributed by atoms with Crippen molar-refractivity contribution in [2.45, 2.75) is 200 Å². The molecule has 0 bridgehead atoms. The van der Waals surface area contributed by atoms with Crippen LogP contribution in [0.25, 0.3) is 132 Å². The predicted molar refractivity (Wildman–Crippen MR) is 557 cm³/mol. The highest BCUT2D eigenvalue weighted by molar-refractivity contribution is 6.06. The molecule has 0 aliphatic heterocycles. The van der Waals surface area contributed by atoms with Crippen molar-refractivity contribution in [2.24, 2.45) is 45.8 Å². The lowest BCUT2D eigenvalue weighted by Crippen LogP contribution is -2.52. The van der Waals surface area contributed by atoms with E-state index < -0.39 is 49.5 Å². The highest BCUT2D eigenvalue weighted by Gasteiger charge is 2.60. The van der Waals surface area contributed by atoms with E-state index in [-0.39, 0.29) is 98.5 Å². The molecule has 736 valence electrons. The first-order chi connectivity index (χ1) is 71.2. The number of benzene rings is 6. The van der Waals surface area contributed by atoms with Gasteiger partial charge in [-0.2, -0.15) is 0 Å². The molecule has 10 aliphatic rings. The molecule has 0 N–H and O–H groups in total. The van der Waals surface area contributed by atoms with Crippen LogP contribution in [0.4, 0.5) is 22.0 Å². The zero-order valence-corrected chi connectivity index (χ0v) is 84.0. The Morgan fingerprint density at radius 2 is 0.730 bits per heavy atom. The van der Waals surface area contributed by atoms with Gasteiger partial charge in [-0.05, 0) is 211 Å². The average Bonchev–Trinajstić information content (AvgIpc) is 1.05. The highest BCUT2D eigenvalue weighted by atomic mass is 19.1. The Bertz CT molecular complexity index is 8300. The number of hydrogen-bond acceptors (Lipinski definition) is 16. The van der Waals surface area contributed by atoms with Gasteiger partial charge in [-0.1, -0.05) is 179 Å². The van der Waals surface area contributed by atoms with Crippen molar-refractivity contribution in [1.29, 1.82) is 0 Å². The lowest BCUT2D eigenvalue weighted by Gasteiger charge is -2.52. The van der Waals surface area contributed by atoms with Crippen LogP contribution in [-0.2, 0) is 66.5 Å². The second-order valence-electron chi connectivity index (χ2n) is 42.7. The minimum absolute atomic E-state index is 0.0135. The number of carbonyl (C=O) groups excluding carboxylic acids is 4. The van der Waals surface area contributed by atoms with Crippen molar-refractivity contribution < 1.29 is 41.1 Å². The van der Waals surface area contributed by atoms with Crippen LogP contribution in [0.2, 0.25) is 0 Å². The second kappa shape index (κ2) is 37.5. The number of fused-ring (bicyclic) bond motifs is 14. The summed E-state index contributed by atoms with van der Waals surface area (Å²) in [4.78, 5) is 125. The van der Waals surface area contributed by atoms with Gasteiger partial charge >= 0.3 is 0 Å². The minimum Gasteiger partial charge on any atom is -0.308 e. The number of hydrogen-bond donors (Lipinski definition) is 0. The third-order valence-electron chi connectivity index (χ3n) is 33.9. The minimum atomic E-state index is -0.781. The van der Waals surface area contributed by atoms with Gasteiger partial charge in [-0.15, -0.1) is 0 Å². The number of halogens is 5. The molecule has 148 heavy (non-hydrogen) atoms. The van der Waals surface area contributed by atoms with Crippen LogP contribution in [0, 0.1) is 101 Å². The maximum atomic E-state index is 15.2. The van der Waals surface area contributed by atoms with E-state index in [0.29, 0.717) is 142 Å². The first kappa shape index (κ1) is 98.1. The molecule has 0 unspecified atom stereocenters. The molecule has 20 nitrogen and oxygen atoms in total. The summed E-state index contributed by atoms with van der Waals surface area (Å²) in [6.07, 6.45) is 25.3. The highest BCUT2D eigenvalue weighted by Crippen LogP contribution is 2.62. The van der Waals surface area contributed by atoms with E-state index in [0.717, 1.165) is 110 Å². The molecular formula is C123H105F5N16O4. The third-order valence-corrected chi connectivity index (χ3v) is 33.9. The van der Waals surface area contributed by atoms with Crippen LogP contribution >= 0.6 is 0 Å². The average molecular weight is 1970 g/mol. The summed E-state index contributed by atoms with van der Waals surface area (Å²) in [5.41, 5.74) is 12.2. The van der Waals surface area contributed by atoms with Crippen LogP contribution in [-0.4, -0.2) is 82.9 Å². The number of Topliss-reactive ketones (excluding diaryl/α,β-unsaturated/α-hetero) is 4. The zero-order chi connectivity index (χ0) is 104. The van der Waals surface area contributed by atoms with Crippen molar-refractivity contribution in [3.05, 3.63) is 379 Å². The summed E-state index contributed by atoms with van der Waals surface area (Å²) in [5.74, 6) is 0.0479. The molecular weight excluding hydrogens is 1860 g/mol. The fourth-order valence-electron chi connectivity index (χ4n) is 25.6. The van der Waals surface area contributed by atoms with E-state index in [4.69, 9.17) is 66.2 Å². The van der Waals surface area contributed by atoms with Crippen molar-refractivity contribution in [3.63, 3.8) is 0 Å². The molecule has 2 saturated carbocycles. The van der Waals surface area contributed by atoms with Crippen LogP contribution < -0.4 is 0 Å². The molecule has 10 aliphatic carbocycles. The standard InChI is InChI=1S/C32H27FN4O.C31H24F2N4O.C31H29FN4O.C29H25FN4O/c1-5-31(2)26-15-14-22-27(21-11-6-8-12-23(21)33)36-30(20-16-17-35-24-13-9-7-10-19(20)24)37-28(22)32(26,3)18-25(34-4)29(31)38;1-30(2)24-13-12-20-25(19-8-5-6-10-21(19)32)36-29(18-14-15-35-26-17(18)9-7-11-22(26)33)37-27(20)31(24,3)16-23(34-4)28(30)38;1-5-30(2)25-13-12-21-26(20-8-6-7-9-22(20)32)35-29(19-14-15-34-23(16-19)18-10-11-18)36-27(21)31(25,3)17-24(33-4)28(30)37;1-16-21-12-11-20-25(19-6-4-5-7-22(19)30)33-28(18-10-13-23(32-15-18)17-8-9-17)34-27(20)29(21,2)14-24(31-3)26(16)35/h6-13,16-18,26H,5,14-15H2,1-3H3;5-11,14-16,24H,12-13H2,1-3H3;6-9,14-18,25H,5,10-13H2,1-3H3;4-7,10,13-17,21H,8-9,11-12H2,1-2H3/t26-,31-,32-;24-,31-;25-,30-,31-;16-,21-,29-/m1111/s1. The van der Waals surface area contributed by atoms with Gasteiger partial charge < -0.3 is 19.2 Å². The Hall–Kier alpha value is -16.0. The molecule has 24 rings (SSSR count). The molecule has 0 radical (unpaired) electrons. The number of nitrogens with zero attached hydrogens (tertiary/aromatic N) is 16. The molecule has 0 amide bonds. The summed E-state index contributed by atoms with van der Waals surface area (Å²) in [6.45, 7) is 52.7. The molecule has 6 aromatic carbocycles. The lowest BCUT2D eigenvalue weighted by molar-refractivity contribution is -0.130. The molecule has 2 fully saturated rings. The number of para-hydroxylation sites is 2. The van der Waals surface area contributed by atoms with E-state index >= 15 is 17.6 Å². The van der Waals surface area contributed by atoms with Gasteiger partial charge in [0.25, 0.3) is 0 Å². The van der Waals surface area contributed by atoms with Crippen molar-refractivity contribution >= 4 is 44.9 Å². The number of carbonyl (C=O) groups is 4. The number of rotatable bonds is 12. The van der Waals surface area contributed by atoms with Gasteiger partial charge in [0, 0.05) is 169 Å². The smallest absolute Gasteiger partial charge is 0.226 e. The predicted octanol–water partition coefficient (Wildman–Crippen LogP) is 26.9. The Balaban J connectivity index is 0.000000116. The number of allylic oxidation sites excluding steroid dienone is 8. The number of pyridine rings is 4. The molecule has 11 atom stereocenters. The summed E-state index contributed by atoms with van der Waals surface area (Å²) in [5, 5.41) is 1.45. The van der Waals surface area contributed by atoms with E-state index in [1.54, 1.807) is 104 Å². The van der Waals surface area contributed by atoms with Crippen LogP contribution in [0.3, 0.4) is 0 Å². The van der Waals surface area contributed by atoms with E-state index in [1.807, 2.05) is 140 Å². The van der Waals surface area contributed by atoms with Gasteiger partial charge in [0.1, 0.15) is 34.6 Å². The zero-order valence-electron chi connectivity index (χ0n) is 84.0. The molecule has 25 heteroatoms. The topological polar surface area (TPSA) is 240 Å². The van der Waals surface area contributed by atoms with Gasteiger partial charge in [0.2, 0.25) is 22.8 Å². The third kappa shape index (κ3) is 16.2. The summed E-state index contributed by atoms with van der Waals surface area (Å²) in [6, 6.07) is 50.7. The Morgan fingerprint density at radius 3 is 1.20 bits per heavy atom. The quantitative estimate of drug-likeness (QED) is 0.0816. The number of aromatic nitrogens is 12. The fraction of sp³-hybridized carbons (Fsp3) is 0.317. The first-order valence-electron chi connectivity index (χ1n) is 50.7.